The maximum atomic E-state index is 7.50. The monoisotopic (exact) mass is 316 g/mol. The number of hydrogen-bond donors (Lipinski definition) is 0. The molecule has 0 aliphatic heterocycles. The second-order valence-corrected chi connectivity index (χ2v) is 2.88. The van der Waals surface area contributed by atoms with Crippen molar-refractivity contribution in [1.82, 2.24) is 0 Å². The van der Waals surface area contributed by atoms with Crippen LogP contribution in [0.2, 0.25) is 0 Å². The van der Waals surface area contributed by atoms with Gasteiger partial charge in [0.05, 0.1) is 0 Å². The number of benzene rings is 1. The van der Waals surface area contributed by atoms with Crippen LogP contribution in [0, 0.1) is 26.9 Å². The summed E-state index contributed by atoms with van der Waals surface area (Å²) in [6, 6.07) is 8.09. The zero-order chi connectivity index (χ0) is 15.7. The first kappa shape index (κ1) is 27.3. The summed E-state index contributed by atoms with van der Waals surface area (Å²) < 4.78 is 33.2. The summed E-state index contributed by atoms with van der Waals surface area (Å²) in [4.78, 5) is 0. The Morgan fingerprint density at radius 1 is 1.05 bits per heavy atom. The van der Waals surface area contributed by atoms with Crippen molar-refractivity contribution in [2.24, 2.45) is 0 Å². The van der Waals surface area contributed by atoms with Gasteiger partial charge in [-0.2, -0.15) is 0 Å². The maximum absolute atomic E-state index is 7.50. The Hall–Kier alpha value is -1.11. The molecule has 0 saturated carbocycles. The van der Waals surface area contributed by atoms with Crippen molar-refractivity contribution in [3.63, 3.8) is 0 Å². The molecule has 0 N–H and O–H groups in total. The third kappa shape index (κ3) is 12.0. The van der Waals surface area contributed by atoms with Gasteiger partial charge in [0.15, 0.2) is 6.29 Å². The van der Waals surface area contributed by atoms with Crippen molar-refractivity contribution in [3.8, 4) is 0 Å². The minimum Gasteiger partial charge on any atom is 0 e. The van der Waals surface area contributed by atoms with Gasteiger partial charge < -0.3 is 9.47 Å². The van der Waals surface area contributed by atoms with E-state index in [0.29, 0.717) is 6.61 Å². The van der Waals surface area contributed by atoms with Crippen LogP contribution >= 0.6 is 0 Å². The molecule has 0 aromatic heterocycles. The Bertz CT molecular complexity index is 359. The Morgan fingerprint density at radius 2 is 1.50 bits per heavy atom. The molecule has 1 aromatic rings. The van der Waals surface area contributed by atoms with Gasteiger partial charge in [-0.3, -0.25) is 0 Å². The van der Waals surface area contributed by atoms with E-state index >= 15 is 0 Å². The van der Waals surface area contributed by atoms with E-state index in [4.69, 9.17) is 23.4 Å². The predicted molar refractivity (Wildman–Crippen MR) is 64.3 cm³/mol. The minimum absolute atomic E-state index is 0. The first-order valence-electron chi connectivity index (χ1n) is 5.10. The number of rotatable bonds is 4. The van der Waals surface area contributed by atoms with Crippen molar-refractivity contribution < 1.29 is 40.8 Å². The van der Waals surface area contributed by atoms with E-state index in [1.54, 1.807) is 7.11 Å². The molecule has 1 rings (SSSR count). The minimum atomic E-state index is -0.230. The van der Waals surface area contributed by atoms with Crippen molar-refractivity contribution in [1.29, 1.82) is 0 Å². The van der Waals surface area contributed by atoms with Crippen LogP contribution in [-0.2, 0) is 40.8 Å². The fourth-order valence-electron chi connectivity index (χ4n) is 1.29. The van der Waals surface area contributed by atoms with Gasteiger partial charge in [0.25, 0.3) is 0 Å². The molecule has 1 aromatic carbocycles. The Labute approximate surface area is 130 Å². The van der Waals surface area contributed by atoms with Crippen LogP contribution in [-0.4, -0.2) is 13.7 Å². The van der Waals surface area contributed by atoms with E-state index in [1.165, 1.54) is 5.56 Å². The quantitative estimate of drug-likeness (QED) is 0.486. The molecular formula is C14H16CrO5. The third-order valence-electron chi connectivity index (χ3n) is 1.97. The number of hydrogen-bond acceptors (Lipinski definition) is 2. The molecule has 0 unspecified atom stereocenters. The van der Waals surface area contributed by atoms with Gasteiger partial charge in [-0.15, -0.1) is 0 Å². The molecule has 0 radical (unpaired) electrons. The second-order valence-electron chi connectivity index (χ2n) is 2.88. The summed E-state index contributed by atoms with van der Waals surface area (Å²) in [5, 5.41) is 0. The first-order chi connectivity index (χ1) is 9.29. The zero-order valence-electron chi connectivity index (χ0n) is 11.5. The third-order valence-corrected chi connectivity index (χ3v) is 1.97. The van der Waals surface area contributed by atoms with Gasteiger partial charge in [0.1, 0.15) is 0 Å². The summed E-state index contributed by atoms with van der Waals surface area (Å²) in [5.74, 6) is 0. The summed E-state index contributed by atoms with van der Waals surface area (Å²) in [5.41, 5.74) is 2.30. The van der Waals surface area contributed by atoms with Crippen LogP contribution in [0.3, 0.4) is 0 Å². The molecular weight excluding hydrogens is 300 g/mol. The Balaban J connectivity index is -0.000000162. The van der Waals surface area contributed by atoms with Crippen LogP contribution in [0.5, 0.6) is 0 Å². The summed E-state index contributed by atoms with van der Waals surface area (Å²) in [6.07, 6.45) is -0.230. The van der Waals surface area contributed by atoms with E-state index in [0.717, 1.165) is 5.56 Å². The van der Waals surface area contributed by atoms with E-state index in [9.17, 15) is 0 Å². The van der Waals surface area contributed by atoms with E-state index < -0.39 is 0 Å². The number of methoxy groups -OCH3 is 1. The van der Waals surface area contributed by atoms with Gasteiger partial charge in [-0.25, -0.2) is 0 Å². The Morgan fingerprint density at radius 3 is 1.85 bits per heavy atom. The molecule has 0 saturated heterocycles. The standard InChI is InChI=1S/C11H16O2.3CO.Cr/c1-4-13-11(12-3)10-8-6-5-7-9(10)2;3*1-2;/h5-8,11H,4H2,1-3H3;;;;/t11-;;;;/m1..../s1. The predicted octanol–water partition coefficient (Wildman–Crippen LogP) is 2.56. The number of aryl methyl sites for hydroxylation is 1. The fourth-order valence-corrected chi connectivity index (χ4v) is 1.29. The normalized spacial score (nSPS) is 8.65. The first-order valence-corrected chi connectivity index (χ1v) is 5.10. The van der Waals surface area contributed by atoms with Crippen LogP contribution in [0.15, 0.2) is 24.3 Å². The van der Waals surface area contributed by atoms with Crippen LogP contribution in [0.4, 0.5) is 0 Å². The van der Waals surface area contributed by atoms with Crippen LogP contribution in [0.25, 0.3) is 0 Å². The SMILES string of the molecule is CCO[C@@H](OC)c1ccccc1C.[C-]#[O+].[C-]#[O+].[C-]#[O+].[Cr]. The maximum Gasteiger partial charge on any atom is 0 e. The molecule has 0 amide bonds. The van der Waals surface area contributed by atoms with Gasteiger partial charge >= 0.3 is 33.9 Å². The average Bonchev–Trinajstić information content (AvgIpc) is 2.52. The van der Waals surface area contributed by atoms with Crippen molar-refractivity contribution >= 4 is 0 Å². The number of ether oxygens (including phenoxy) is 2. The van der Waals surface area contributed by atoms with Crippen molar-refractivity contribution in [3.05, 3.63) is 55.3 Å². The van der Waals surface area contributed by atoms with Gasteiger partial charge in [-0.05, 0) is 19.4 Å². The molecule has 0 fully saturated rings. The smallest absolute Gasteiger partial charge is 0 e. The zero-order valence-corrected chi connectivity index (χ0v) is 12.8. The van der Waals surface area contributed by atoms with Crippen molar-refractivity contribution in [2.45, 2.75) is 20.1 Å². The summed E-state index contributed by atoms with van der Waals surface area (Å²) in [6.45, 7) is 18.2. The molecule has 108 valence electrons. The molecule has 6 heteroatoms. The van der Waals surface area contributed by atoms with Crippen molar-refractivity contribution in [2.75, 3.05) is 13.7 Å². The van der Waals surface area contributed by atoms with Crippen LogP contribution < -0.4 is 0 Å². The van der Waals surface area contributed by atoms with E-state index in [1.807, 2.05) is 25.1 Å². The molecule has 0 aliphatic carbocycles. The van der Waals surface area contributed by atoms with Gasteiger partial charge in [0, 0.05) is 36.6 Å². The molecule has 1 atom stereocenters. The topological polar surface area (TPSA) is 78.2 Å². The molecule has 0 bridgehead atoms. The largest absolute Gasteiger partial charge is 0 e. The molecule has 0 spiro atoms. The van der Waals surface area contributed by atoms with Crippen LogP contribution in [0.1, 0.15) is 24.3 Å². The van der Waals surface area contributed by atoms with Gasteiger partial charge in [-0.1, -0.05) is 24.3 Å². The molecule has 5 nitrogen and oxygen atoms in total. The summed E-state index contributed by atoms with van der Waals surface area (Å²) >= 11 is 0. The summed E-state index contributed by atoms with van der Waals surface area (Å²) in [7, 11) is 1.66. The van der Waals surface area contributed by atoms with E-state index in [2.05, 4.69) is 32.9 Å². The molecule has 20 heavy (non-hydrogen) atoms. The molecule has 0 heterocycles. The molecule has 0 aliphatic rings. The Kier molecular flexibility index (Phi) is 31.4. The average molecular weight is 316 g/mol. The fraction of sp³-hybridized carbons (Fsp3) is 0.357. The van der Waals surface area contributed by atoms with Gasteiger partial charge in [0.2, 0.25) is 0 Å². The second kappa shape index (κ2) is 23.0. The van der Waals surface area contributed by atoms with E-state index in [-0.39, 0.29) is 23.7 Å².